The highest BCUT2D eigenvalue weighted by Crippen LogP contribution is 2.27. The molecule has 0 aliphatic carbocycles. The average Bonchev–Trinajstić information content (AvgIpc) is 2.44. The van der Waals surface area contributed by atoms with Gasteiger partial charge in [-0.2, -0.15) is 0 Å². The monoisotopic (exact) mass is 388 g/mol. The molecule has 2 saturated heterocycles. The molecule has 2 fully saturated rings. The van der Waals surface area contributed by atoms with Crippen LogP contribution in [-0.2, 0) is 19.0 Å². The summed E-state index contributed by atoms with van der Waals surface area (Å²) >= 11 is 4.16. The molecule has 7 nitrogen and oxygen atoms in total. The van der Waals surface area contributed by atoms with Crippen molar-refractivity contribution in [1.82, 2.24) is 9.80 Å². The summed E-state index contributed by atoms with van der Waals surface area (Å²) in [5.74, 6) is 0.0809. The predicted octanol–water partition coefficient (Wildman–Crippen LogP) is 2.15. The Labute approximate surface area is 161 Å². The Morgan fingerprint density at radius 2 is 1.58 bits per heavy atom. The van der Waals surface area contributed by atoms with Gasteiger partial charge in [-0.1, -0.05) is 13.8 Å². The lowest BCUT2D eigenvalue weighted by atomic mass is 9.86. The van der Waals surface area contributed by atoms with Crippen LogP contribution in [0.4, 0.5) is 4.79 Å². The third kappa shape index (κ3) is 5.76. The molecular weight excluding hydrogens is 356 g/mol. The molecule has 2 amide bonds. The minimum Gasteiger partial charge on any atom is -0.449 e. The Morgan fingerprint density at radius 3 is 2.12 bits per heavy atom. The van der Waals surface area contributed by atoms with E-state index in [1.165, 1.54) is 0 Å². The summed E-state index contributed by atoms with van der Waals surface area (Å²) in [7, 11) is 0. The van der Waals surface area contributed by atoms with Crippen LogP contribution in [-0.4, -0.2) is 78.3 Å². The van der Waals surface area contributed by atoms with Gasteiger partial charge >= 0.3 is 6.09 Å². The highest BCUT2D eigenvalue weighted by atomic mass is 32.1. The SMILES string of the molecule is CC(C)OC1CN(C(=O)C(C)(C)CCOC(=O)N2CC(OC(C)S)C2)C1. The summed E-state index contributed by atoms with van der Waals surface area (Å²) in [5, 5.41) is 0. The van der Waals surface area contributed by atoms with E-state index in [0.717, 1.165) is 0 Å². The summed E-state index contributed by atoms with van der Waals surface area (Å²) in [6.07, 6.45) is 0.474. The Hall–Kier alpha value is -0.990. The van der Waals surface area contributed by atoms with Crippen LogP contribution < -0.4 is 0 Å². The molecule has 2 aliphatic rings. The van der Waals surface area contributed by atoms with Crippen molar-refractivity contribution in [2.24, 2.45) is 5.41 Å². The minimum absolute atomic E-state index is 0.0282. The summed E-state index contributed by atoms with van der Waals surface area (Å²) in [5.41, 5.74) is -0.706. The second kappa shape index (κ2) is 8.80. The van der Waals surface area contributed by atoms with Crippen molar-refractivity contribution in [3.63, 3.8) is 0 Å². The molecule has 8 heteroatoms. The van der Waals surface area contributed by atoms with Crippen LogP contribution in [0.2, 0.25) is 0 Å². The van der Waals surface area contributed by atoms with E-state index in [4.69, 9.17) is 14.2 Å². The van der Waals surface area contributed by atoms with Crippen LogP contribution in [0.5, 0.6) is 0 Å². The molecular formula is C18H32N2O5S. The fourth-order valence-corrected chi connectivity index (χ4v) is 3.22. The fourth-order valence-electron chi connectivity index (χ4n) is 3.05. The first kappa shape index (κ1) is 21.3. The first-order valence-electron chi connectivity index (χ1n) is 9.28. The second-order valence-corrected chi connectivity index (χ2v) is 8.75. The number of hydrogen-bond acceptors (Lipinski definition) is 6. The predicted molar refractivity (Wildman–Crippen MR) is 101 cm³/mol. The van der Waals surface area contributed by atoms with E-state index < -0.39 is 5.41 Å². The van der Waals surface area contributed by atoms with Crippen LogP contribution >= 0.6 is 12.6 Å². The Balaban J connectivity index is 1.64. The summed E-state index contributed by atoms with van der Waals surface area (Å²) in [6.45, 7) is 12.2. The van der Waals surface area contributed by atoms with Crippen molar-refractivity contribution in [1.29, 1.82) is 0 Å². The number of hydrogen-bond donors (Lipinski definition) is 1. The largest absolute Gasteiger partial charge is 0.449 e. The summed E-state index contributed by atoms with van der Waals surface area (Å²) in [4.78, 5) is 28.0. The summed E-state index contributed by atoms with van der Waals surface area (Å²) in [6, 6.07) is 0. The zero-order valence-corrected chi connectivity index (χ0v) is 17.3. The van der Waals surface area contributed by atoms with E-state index in [-0.39, 0.29) is 42.4 Å². The van der Waals surface area contributed by atoms with E-state index in [2.05, 4.69) is 12.6 Å². The van der Waals surface area contributed by atoms with Gasteiger partial charge < -0.3 is 24.0 Å². The Bertz CT molecular complexity index is 500. The lowest BCUT2D eigenvalue weighted by Crippen LogP contribution is -2.58. The number of rotatable bonds is 8. The Morgan fingerprint density at radius 1 is 1.04 bits per heavy atom. The van der Waals surface area contributed by atoms with Gasteiger partial charge in [0.05, 0.1) is 43.4 Å². The van der Waals surface area contributed by atoms with Gasteiger partial charge in [-0.25, -0.2) is 4.79 Å². The van der Waals surface area contributed by atoms with E-state index in [9.17, 15) is 9.59 Å². The van der Waals surface area contributed by atoms with Crippen molar-refractivity contribution >= 4 is 24.6 Å². The molecule has 0 saturated carbocycles. The van der Waals surface area contributed by atoms with E-state index in [1.807, 2.05) is 39.5 Å². The molecule has 2 aliphatic heterocycles. The first-order valence-corrected chi connectivity index (χ1v) is 9.80. The number of likely N-dealkylation sites (tertiary alicyclic amines) is 2. The van der Waals surface area contributed by atoms with Gasteiger partial charge in [-0.3, -0.25) is 4.79 Å². The zero-order valence-electron chi connectivity index (χ0n) is 16.4. The number of amides is 2. The van der Waals surface area contributed by atoms with Crippen LogP contribution in [0.15, 0.2) is 0 Å². The minimum atomic E-state index is -0.564. The molecule has 0 aromatic heterocycles. The second-order valence-electron chi connectivity index (χ2n) is 8.03. The number of ether oxygens (including phenoxy) is 3. The zero-order chi connectivity index (χ0) is 19.5. The molecule has 2 rings (SSSR count). The van der Waals surface area contributed by atoms with Crippen molar-refractivity contribution in [2.45, 2.75) is 64.8 Å². The highest BCUT2D eigenvalue weighted by Gasteiger charge is 2.40. The van der Waals surface area contributed by atoms with Crippen LogP contribution in [0, 0.1) is 5.41 Å². The van der Waals surface area contributed by atoms with E-state index in [1.54, 1.807) is 4.90 Å². The normalized spacial score (nSPS) is 20.0. The van der Waals surface area contributed by atoms with Gasteiger partial charge in [0.1, 0.15) is 0 Å². The van der Waals surface area contributed by atoms with E-state index >= 15 is 0 Å². The third-order valence-corrected chi connectivity index (χ3v) is 4.75. The maximum absolute atomic E-state index is 12.6. The molecule has 26 heavy (non-hydrogen) atoms. The number of carbonyl (C=O) groups excluding carboxylic acids is 2. The molecule has 1 atom stereocenters. The standard InChI is InChI=1S/C18H32N2O5S/c1-12(2)24-14-8-19(9-14)16(21)18(4,5)6-7-23-17(22)20-10-15(11-20)25-13(3)26/h12-15,26H,6-11H2,1-5H3. The van der Waals surface area contributed by atoms with Crippen molar-refractivity contribution in [3.05, 3.63) is 0 Å². The molecule has 2 heterocycles. The van der Waals surface area contributed by atoms with Gasteiger partial charge in [-0.15, -0.1) is 12.6 Å². The van der Waals surface area contributed by atoms with Gasteiger partial charge in [-0.05, 0) is 27.2 Å². The number of thiol groups is 1. The van der Waals surface area contributed by atoms with Crippen molar-refractivity contribution in [2.75, 3.05) is 32.8 Å². The van der Waals surface area contributed by atoms with Crippen LogP contribution in [0.25, 0.3) is 0 Å². The first-order chi connectivity index (χ1) is 12.1. The van der Waals surface area contributed by atoms with Gasteiger partial charge in [0.15, 0.2) is 0 Å². The van der Waals surface area contributed by atoms with Crippen LogP contribution in [0.3, 0.4) is 0 Å². The molecule has 150 valence electrons. The summed E-state index contributed by atoms with van der Waals surface area (Å²) < 4.78 is 16.5. The van der Waals surface area contributed by atoms with Crippen molar-refractivity contribution < 1.29 is 23.8 Å². The fraction of sp³-hybridized carbons (Fsp3) is 0.889. The molecule has 0 aromatic carbocycles. The quantitative estimate of drug-likeness (QED) is 0.510. The highest BCUT2D eigenvalue weighted by molar-refractivity contribution is 7.80. The topological polar surface area (TPSA) is 68.3 Å². The average molecular weight is 389 g/mol. The number of carbonyl (C=O) groups is 2. The molecule has 0 bridgehead atoms. The van der Waals surface area contributed by atoms with Crippen LogP contribution in [0.1, 0.15) is 41.0 Å². The number of nitrogens with zero attached hydrogens (tertiary/aromatic N) is 2. The maximum atomic E-state index is 12.6. The lowest BCUT2D eigenvalue weighted by Gasteiger charge is -2.43. The molecule has 0 aromatic rings. The molecule has 1 unspecified atom stereocenters. The smallest absolute Gasteiger partial charge is 0.409 e. The maximum Gasteiger partial charge on any atom is 0.409 e. The molecule has 0 spiro atoms. The van der Waals surface area contributed by atoms with E-state index in [0.29, 0.717) is 32.6 Å². The van der Waals surface area contributed by atoms with Gasteiger partial charge in [0.2, 0.25) is 5.91 Å². The molecule has 0 radical (unpaired) electrons. The Kier molecular flexibility index (Phi) is 7.21. The molecule has 0 N–H and O–H groups in total. The van der Waals surface area contributed by atoms with Gasteiger partial charge in [0.25, 0.3) is 0 Å². The lowest BCUT2D eigenvalue weighted by molar-refractivity contribution is -0.158. The van der Waals surface area contributed by atoms with Crippen molar-refractivity contribution in [3.8, 4) is 0 Å². The third-order valence-electron chi connectivity index (χ3n) is 4.63. The van der Waals surface area contributed by atoms with Gasteiger partial charge in [0, 0.05) is 18.5 Å².